The second-order valence-electron chi connectivity index (χ2n) is 5.03. The van der Waals surface area contributed by atoms with E-state index in [2.05, 4.69) is 21.0 Å². The van der Waals surface area contributed by atoms with Crippen LogP contribution in [0.25, 0.3) is 5.69 Å². The molecule has 1 aliphatic carbocycles. The first kappa shape index (κ1) is 13.4. The molecule has 0 bridgehead atoms. The lowest BCUT2D eigenvalue weighted by atomic mass is 10.1. The smallest absolute Gasteiger partial charge is 0.356 e. The van der Waals surface area contributed by atoms with Crippen molar-refractivity contribution in [2.75, 3.05) is 0 Å². The zero-order chi connectivity index (χ0) is 14.1. The molecule has 104 valence electrons. The molecule has 0 aliphatic heterocycles. The highest BCUT2D eigenvalue weighted by Gasteiger charge is 2.24. The Morgan fingerprint density at radius 2 is 1.85 bits per heavy atom. The van der Waals surface area contributed by atoms with Crippen LogP contribution in [-0.4, -0.2) is 20.9 Å². The van der Waals surface area contributed by atoms with Gasteiger partial charge >= 0.3 is 5.97 Å². The minimum atomic E-state index is -0.931. The molecule has 0 saturated heterocycles. The van der Waals surface area contributed by atoms with E-state index in [1.165, 1.54) is 0 Å². The SMILES string of the molecule is O=C(O)c1nn(-c2ccc(Br)cc2)c2c1CCCCC2. The first-order valence-electron chi connectivity index (χ1n) is 6.77. The van der Waals surface area contributed by atoms with Crippen LogP contribution in [0.3, 0.4) is 0 Å². The number of rotatable bonds is 2. The number of carboxylic acids is 1. The average molecular weight is 335 g/mol. The van der Waals surface area contributed by atoms with Crippen molar-refractivity contribution in [3.8, 4) is 5.69 Å². The monoisotopic (exact) mass is 334 g/mol. The predicted octanol–water partition coefficient (Wildman–Crippen LogP) is 3.60. The number of carboxylic acid groups (broad SMARTS) is 1. The lowest BCUT2D eigenvalue weighted by molar-refractivity contribution is 0.0688. The second kappa shape index (κ2) is 5.40. The third-order valence-corrected chi connectivity index (χ3v) is 4.23. The van der Waals surface area contributed by atoms with Crippen molar-refractivity contribution in [2.24, 2.45) is 0 Å². The van der Waals surface area contributed by atoms with Gasteiger partial charge in [-0.1, -0.05) is 22.4 Å². The van der Waals surface area contributed by atoms with E-state index in [1.807, 2.05) is 24.3 Å². The minimum absolute atomic E-state index is 0.213. The fourth-order valence-electron chi connectivity index (χ4n) is 2.74. The molecule has 0 radical (unpaired) electrons. The Morgan fingerprint density at radius 3 is 2.55 bits per heavy atom. The van der Waals surface area contributed by atoms with Gasteiger partial charge in [-0.2, -0.15) is 5.10 Å². The highest BCUT2D eigenvalue weighted by atomic mass is 79.9. The van der Waals surface area contributed by atoms with E-state index < -0.39 is 5.97 Å². The van der Waals surface area contributed by atoms with Crippen LogP contribution in [0.5, 0.6) is 0 Å². The molecule has 0 unspecified atom stereocenters. The van der Waals surface area contributed by atoms with E-state index in [4.69, 9.17) is 0 Å². The quantitative estimate of drug-likeness (QED) is 0.853. The van der Waals surface area contributed by atoms with E-state index in [-0.39, 0.29) is 5.69 Å². The molecule has 1 aromatic heterocycles. The van der Waals surface area contributed by atoms with Gasteiger partial charge in [-0.05, 0) is 49.9 Å². The van der Waals surface area contributed by atoms with E-state index in [0.717, 1.165) is 53.5 Å². The number of fused-ring (bicyclic) bond motifs is 1. The molecule has 0 saturated carbocycles. The summed E-state index contributed by atoms with van der Waals surface area (Å²) in [6, 6.07) is 7.79. The molecule has 5 heteroatoms. The van der Waals surface area contributed by atoms with Crippen LogP contribution in [0.4, 0.5) is 0 Å². The van der Waals surface area contributed by atoms with Crippen LogP contribution >= 0.6 is 15.9 Å². The van der Waals surface area contributed by atoms with E-state index in [0.29, 0.717) is 0 Å². The fraction of sp³-hybridized carbons (Fsp3) is 0.333. The van der Waals surface area contributed by atoms with Gasteiger partial charge in [-0.3, -0.25) is 0 Å². The van der Waals surface area contributed by atoms with E-state index in [1.54, 1.807) is 4.68 Å². The lowest BCUT2D eigenvalue weighted by Gasteiger charge is -2.07. The van der Waals surface area contributed by atoms with Gasteiger partial charge in [0.15, 0.2) is 5.69 Å². The molecule has 4 nitrogen and oxygen atoms in total. The van der Waals surface area contributed by atoms with E-state index >= 15 is 0 Å². The summed E-state index contributed by atoms with van der Waals surface area (Å²) >= 11 is 3.41. The van der Waals surface area contributed by atoms with Crippen LogP contribution in [0.2, 0.25) is 0 Å². The first-order valence-corrected chi connectivity index (χ1v) is 7.56. The van der Waals surface area contributed by atoms with Crippen molar-refractivity contribution >= 4 is 21.9 Å². The highest BCUT2D eigenvalue weighted by molar-refractivity contribution is 9.10. The number of nitrogens with zero attached hydrogens (tertiary/aromatic N) is 2. The number of hydrogen-bond donors (Lipinski definition) is 1. The summed E-state index contributed by atoms with van der Waals surface area (Å²) in [5, 5.41) is 13.7. The molecule has 1 heterocycles. The summed E-state index contributed by atoms with van der Waals surface area (Å²) in [7, 11) is 0. The molecular formula is C15H15BrN2O2. The Labute approximate surface area is 125 Å². The van der Waals surface area contributed by atoms with Crippen LogP contribution < -0.4 is 0 Å². The maximum Gasteiger partial charge on any atom is 0.356 e. The zero-order valence-corrected chi connectivity index (χ0v) is 12.6. The maximum absolute atomic E-state index is 11.4. The van der Waals surface area contributed by atoms with Gasteiger partial charge in [-0.25, -0.2) is 9.48 Å². The standard InChI is InChI=1S/C15H15BrN2O2/c16-10-6-8-11(9-7-10)18-13-5-3-1-2-4-12(13)14(17-18)15(19)20/h6-9H,1-5H2,(H,19,20). The topological polar surface area (TPSA) is 55.1 Å². The van der Waals surface area contributed by atoms with Gasteiger partial charge in [0.05, 0.1) is 5.69 Å². The zero-order valence-electron chi connectivity index (χ0n) is 11.0. The number of aromatic carboxylic acids is 1. The maximum atomic E-state index is 11.4. The molecule has 1 aromatic carbocycles. The van der Waals surface area contributed by atoms with Crippen molar-refractivity contribution in [1.29, 1.82) is 0 Å². The predicted molar refractivity (Wildman–Crippen MR) is 79.5 cm³/mol. The van der Waals surface area contributed by atoms with Gasteiger partial charge in [0, 0.05) is 15.7 Å². The summed E-state index contributed by atoms with van der Waals surface area (Å²) < 4.78 is 2.80. The normalized spacial score (nSPS) is 14.7. The number of benzene rings is 1. The molecular weight excluding hydrogens is 320 g/mol. The van der Waals surface area contributed by atoms with Gasteiger partial charge in [0.2, 0.25) is 0 Å². The summed E-state index contributed by atoms with van der Waals surface area (Å²) in [6.07, 6.45) is 4.99. The third kappa shape index (κ3) is 2.38. The molecule has 1 aliphatic rings. The van der Waals surface area contributed by atoms with Gasteiger partial charge in [0.1, 0.15) is 0 Å². The molecule has 1 N–H and O–H groups in total. The Hall–Kier alpha value is -1.62. The van der Waals surface area contributed by atoms with Crippen LogP contribution in [0, 0.1) is 0 Å². The first-order chi connectivity index (χ1) is 9.66. The number of halogens is 1. The van der Waals surface area contributed by atoms with Crippen molar-refractivity contribution in [3.05, 3.63) is 45.7 Å². The fourth-order valence-corrected chi connectivity index (χ4v) is 3.01. The van der Waals surface area contributed by atoms with Crippen LogP contribution in [0.15, 0.2) is 28.7 Å². The Balaban J connectivity index is 2.15. The summed E-state index contributed by atoms with van der Waals surface area (Å²) in [5.74, 6) is -0.931. The summed E-state index contributed by atoms with van der Waals surface area (Å²) in [5.41, 5.74) is 3.10. The molecule has 0 atom stereocenters. The summed E-state index contributed by atoms with van der Waals surface area (Å²) in [4.78, 5) is 11.4. The van der Waals surface area contributed by atoms with Gasteiger partial charge in [-0.15, -0.1) is 0 Å². The highest BCUT2D eigenvalue weighted by Crippen LogP contribution is 2.26. The molecule has 20 heavy (non-hydrogen) atoms. The third-order valence-electron chi connectivity index (χ3n) is 3.70. The van der Waals surface area contributed by atoms with Gasteiger partial charge < -0.3 is 5.11 Å². The van der Waals surface area contributed by atoms with Crippen molar-refractivity contribution in [2.45, 2.75) is 32.1 Å². The largest absolute Gasteiger partial charge is 0.476 e. The lowest BCUT2D eigenvalue weighted by Crippen LogP contribution is -2.04. The van der Waals surface area contributed by atoms with Crippen LogP contribution in [-0.2, 0) is 12.8 Å². The van der Waals surface area contributed by atoms with Gasteiger partial charge in [0.25, 0.3) is 0 Å². The average Bonchev–Trinajstić information content (AvgIpc) is 2.63. The molecule has 3 rings (SSSR count). The summed E-state index contributed by atoms with van der Waals surface area (Å²) in [6.45, 7) is 0. The minimum Gasteiger partial charge on any atom is -0.476 e. The Morgan fingerprint density at radius 1 is 1.15 bits per heavy atom. The molecule has 2 aromatic rings. The van der Waals surface area contributed by atoms with Crippen molar-refractivity contribution in [3.63, 3.8) is 0 Å². The van der Waals surface area contributed by atoms with Crippen LogP contribution in [0.1, 0.15) is 41.0 Å². The number of aromatic nitrogens is 2. The van der Waals surface area contributed by atoms with Crippen molar-refractivity contribution in [1.82, 2.24) is 9.78 Å². The Bertz CT molecular complexity index is 647. The Kier molecular flexibility index (Phi) is 3.61. The van der Waals surface area contributed by atoms with Crippen molar-refractivity contribution < 1.29 is 9.90 Å². The van der Waals surface area contributed by atoms with E-state index in [9.17, 15) is 9.90 Å². The molecule has 0 spiro atoms. The second-order valence-corrected chi connectivity index (χ2v) is 5.94. The molecule has 0 amide bonds. The number of carbonyl (C=O) groups is 1. The number of hydrogen-bond acceptors (Lipinski definition) is 2. The molecule has 0 fully saturated rings.